The van der Waals surface area contributed by atoms with Crippen molar-refractivity contribution in [2.75, 3.05) is 33.0 Å². The SMILES string of the molecule is CCCCCCCCCCOCCOCCCC(=O)OCCC. The Labute approximate surface area is 143 Å². The molecule has 0 rings (SSSR count). The fraction of sp³-hybridized carbons (Fsp3) is 0.947. The van der Waals surface area contributed by atoms with Crippen molar-refractivity contribution in [3.05, 3.63) is 0 Å². The largest absolute Gasteiger partial charge is 0.466 e. The quantitative estimate of drug-likeness (QED) is 0.265. The van der Waals surface area contributed by atoms with Gasteiger partial charge in [-0.05, 0) is 19.3 Å². The van der Waals surface area contributed by atoms with Crippen LogP contribution < -0.4 is 0 Å². The Kier molecular flexibility index (Phi) is 18.9. The first-order valence-corrected chi connectivity index (χ1v) is 9.62. The van der Waals surface area contributed by atoms with Gasteiger partial charge < -0.3 is 14.2 Å². The molecule has 0 atom stereocenters. The molecule has 138 valence electrons. The Bertz CT molecular complexity index is 244. The zero-order valence-electron chi connectivity index (χ0n) is 15.4. The fourth-order valence-electron chi connectivity index (χ4n) is 2.27. The van der Waals surface area contributed by atoms with E-state index in [1.54, 1.807) is 0 Å². The standard InChI is InChI=1S/C19H38O4/c1-3-5-6-7-8-9-10-11-15-21-17-18-22-16-12-13-19(20)23-14-4-2/h3-18H2,1-2H3. The molecule has 0 bridgehead atoms. The normalized spacial score (nSPS) is 10.9. The van der Waals surface area contributed by atoms with Crippen LogP contribution in [0.4, 0.5) is 0 Å². The van der Waals surface area contributed by atoms with E-state index in [-0.39, 0.29) is 5.97 Å². The zero-order valence-corrected chi connectivity index (χ0v) is 15.4. The third-order valence-corrected chi connectivity index (χ3v) is 3.65. The smallest absolute Gasteiger partial charge is 0.305 e. The number of ether oxygens (including phenoxy) is 3. The van der Waals surface area contributed by atoms with Crippen LogP contribution in [0, 0.1) is 0 Å². The molecule has 0 aromatic carbocycles. The van der Waals surface area contributed by atoms with Crippen LogP contribution in [-0.4, -0.2) is 39.0 Å². The molecule has 0 N–H and O–H groups in total. The van der Waals surface area contributed by atoms with Gasteiger partial charge in [-0.1, -0.05) is 58.8 Å². The molecule has 0 saturated carbocycles. The van der Waals surface area contributed by atoms with Crippen LogP contribution in [0.2, 0.25) is 0 Å². The van der Waals surface area contributed by atoms with Crippen LogP contribution in [0.5, 0.6) is 0 Å². The summed E-state index contributed by atoms with van der Waals surface area (Å²) in [4.78, 5) is 11.2. The van der Waals surface area contributed by atoms with Crippen molar-refractivity contribution in [3.8, 4) is 0 Å². The lowest BCUT2D eigenvalue weighted by Crippen LogP contribution is -2.09. The number of hydrogen-bond donors (Lipinski definition) is 0. The first kappa shape index (κ1) is 22.4. The van der Waals surface area contributed by atoms with E-state index in [0.29, 0.717) is 32.8 Å². The molecule has 0 aliphatic heterocycles. The lowest BCUT2D eigenvalue weighted by molar-refractivity contribution is -0.144. The van der Waals surface area contributed by atoms with Gasteiger partial charge in [-0.2, -0.15) is 0 Å². The Hall–Kier alpha value is -0.610. The summed E-state index contributed by atoms with van der Waals surface area (Å²) in [7, 11) is 0. The summed E-state index contributed by atoms with van der Waals surface area (Å²) in [5.74, 6) is -0.124. The second kappa shape index (κ2) is 19.4. The van der Waals surface area contributed by atoms with Gasteiger partial charge in [0.15, 0.2) is 0 Å². The Morgan fingerprint density at radius 1 is 0.609 bits per heavy atom. The second-order valence-corrected chi connectivity index (χ2v) is 6.02. The summed E-state index contributed by atoms with van der Waals surface area (Å²) in [6, 6.07) is 0. The molecule has 0 radical (unpaired) electrons. The van der Waals surface area contributed by atoms with Crippen LogP contribution in [0.25, 0.3) is 0 Å². The summed E-state index contributed by atoms with van der Waals surface area (Å²) in [5.41, 5.74) is 0. The van der Waals surface area contributed by atoms with Crippen molar-refractivity contribution in [2.24, 2.45) is 0 Å². The maximum absolute atomic E-state index is 11.2. The van der Waals surface area contributed by atoms with Crippen molar-refractivity contribution < 1.29 is 19.0 Å². The van der Waals surface area contributed by atoms with E-state index >= 15 is 0 Å². The minimum absolute atomic E-state index is 0.124. The summed E-state index contributed by atoms with van der Waals surface area (Å²) < 4.78 is 16.0. The maximum Gasteiger partial charge on any atom is 0.305 e. The predicted molar refractivity (Wildman–Crippen MR) is 94.7 cm³/mol. The van der Waals surface area contributed by atoms with Crippen molar-refractivity contribution in [3.63, 3.8) is 0 Å². The molecule has 23 heavy (non-hydrogen) atoms. The van der Waals surface area contributed by atoms with E-state index in [1.165, 1.54) is 44.9 Å². The van der Waals surface area contributed by atoms with Crippen LogP contribution in [0.1, 0.15) is 84.5 Å². The van der Waals surface area contributed by atoms with Crippen molar-refractivity contribution in [1.82, 2.24) is 0 Å². The number of carbonyl (C=O) groups is 1. The summed E-state index contributed by atoms with van der Waals surface area (Å²) >= 11 is 0. The Balaban J connectivity index is 3.04. The molecule has 0 aromatic rings. The van der Waals surface area contributed by atoms with Crippen LogP contribution in [-0.2, 0) is 19.0 Å². The lowest BCUT2D eigenvalue weighted by atomic mass is 10.1. The highest BCUT2D eigenvalue weighted by atomic mass is 16.5. The topological polar surface area (TPSA) is 44.8 Å². The van der Waals surface area contributed by atoms with Crippen molar-refractivity contribution >= 4 is 5.97 Å². The van der Waals surface area contributed by atoms with Gasteiger partial charge in [0.25, 0.3) is 0 Å². The molecule has 0 aromatic heterocycles. The second-order valence-electron chi connectivity index (χ2n) is 6.02. The molecule has 0 amide bonds. The third kappa shape index (κ3) is 19.3. The Morgan fingerprint density at radius 2 is 1.17 bits per heavy atom. The summed E-state index contributed by atoms with van der Waals surface area (Å²) in [6.45, 7) is 7.46. The van der Waals surface area contributed by atoms with E-state index in [4.69, 9.17) is 14.2 Å². The van der Waals surface area contributed by atoms with Gasteiger partial charge in [0.05, 0.1) is 19.8 Å². The zero-order chi connectivity index (χ0) is 17.0. The van der Waals surface area contributed by atoms with E-state index in [0.717, 1.165) is 25.9 Å². The predicted octanol–water partition coefficient (Wildman–Crippen LogP) is 4.89. The lowest BCUT2D eigenvalue weighted by Gasteiger charge is -2.06. The minimum Gasteiger partial charge on any atom is -0.466 e. The van der Waals surface area contributed by atoms with Gasteiger partial charge >= 0.3 is 5.97 Å². The van der Waals surface area contributed by atoms with E-state index < -0.39 is 0 Å². The van der Waals surface area contributed by atoms with Crippen LogP contribution >= 0.6 is 0 Å². The summed E-state index contributed by atoms with van der Waals surface area (Å²) in [6.07, 6.45) is 12.6. The van der Waals surface area contributed by atoms with Crippen LogP contribution in [0.15, 0.2) is 0 Å². The average Bonchev–Trinajstić information content (AvgIpc) is 2.56. The molecule has 0 spiro atoms. The van der Waals surface area contributed by atoms with E-state index in [2.05, 4.69) is 6.92 Å². The minimum atomic E-state index is -0.124. The molecule has 0 unspecified atom stereocenters. The number of esters is 1. The van der Waals surface area contributed by atoms with Gasteiger partial charge in [-0.3, -0.25) is 4.79 Å². The third-order valence-electron chi connectivity index (χ3n) is 3.65. The molecule has 4 nitrogen and oxygen atoms in total. The molecule has 4 heteroatoms. The monoisotopic (exact) mass is 330 g/mol. The molecule has 0 saturated heterocycles. The first-order valence-electron chi connectivity index (χ1n) is 9.62. The highest BCUT2D eigenvalue weighted by molar-refractivity contribution is 5.69. The molecule has 0 fully saturated rings. The van der Waals surface area contributed by atoms with Crippen molar-refractivity contribution in [2.45, 2.75) is 84.5 Å². The van der Waals surface area contributed by atoms with Crippen LogP contribution in [0.3, 0.4) is 0 Å². The molecule has 0 heterocycles. The molecular weight excluding hydrogens is 292 g/mol. The number of hydrogen-bond acceptors (Lipinski definition) is 4. The van der Waals surface area contributed by atoms with Gasteiger partial charge in [-0.25, -0.2) is 0 Å². The van der Waals surface area contributed by atoms with E-state index in [1.807, 2.05) is 6.92 Å². The van der Waals surface area contributed by atoms with Crippen molar-refractivity contribution in [1.29, 1.82) is 0 Å². The summed E-state index contributed by atoms with van der Waals surface area (Å²) in [5, 5.41) is 0. The Morgan fingerprint density at radius 3 is 1.78 bits per heavy atom. The number of carbonyl (C=O) groups excluding carboxylic acids is 1. The highest BCUT2D eigenvalue weighted by Gasteiger charge is 2.01. The average molecular weight is 331 g/mol. The first-order chi connectivity index (χ1) is 11.3. The van der Waals surface area contributed by atoms with Gasteiger partial charge in [-0.15, -0.1) is 0 Å². The van der Waals surface area contributed by atoms with Gasteiger partial charge in [0.1, 0.15) is 0 Å². The highest BCUT2D eigenvalue weighted by Crippen LogP contribution is 2.08. The van der Waals surface area contributed by atoms with E-state index in [9.17, 15) is 4.79 Å². The molecule has 0 aliphatic carbocycles. The van der Waals surface area contributed by atoms with Gasteiger partial charge in [0.2, 0.25) is 0 Å². The van der Waals surface area contributed by atoms with Gasteiger partial charge in [0, 0.05) is 19.6 Å². The molecule has 0 aliphatic rings. The molecular formula is C19H38O4. The number of rotatable bonds is 18. The fourth-order valence-corrected chi connectivity index (χ4v) is 2.27. The maximum atomic E-state index is 11.2. The number of unbranched alkanes of at least 4 members (excludes halogenated alkanes) is 7.